The summed E-state index contributed by atoms with van der Waals surface area (Å²) in [6.45, 7) is 28.5. The van der Waals surface area contributed by atoms with Gasteiger partial charge in [0.05, 0.1) is 28.0 Å². The van der Waals surface area contributed by atoms with Gasteiger partial charge in [0.25, 0.3) is 0 Å². The molecular formula is C66H77N3O. The number of phenols is 1. The fraction of sp³-hybridized carbons (Fsp3) is 0.364. The van der Waals surface area contributed by atoms with Crippen molar-refractivity contribution in [1.82, 2.24) is 14.5 Å². The molecule has 0 amide bonds. The van der Waals surface area contributed by atoms with Crippen molar-refractivity contribution in [3.05, 3.63) is 166 Å². The summed E-state index contributed by atoms with van der Waals surface area (Å²) in [5, 5.41) is 12.5. The SMILES string of the molecule is [2H]C([2H])([2H])c1cc(-c2c(C(C)(CC)CC)cccc2C(C)(CC)CC)ccc1-n1c(-c2cc(C(C)C)cc(C(C)C)c2O)nc2c(-c3cc(-c4cc(-c5ccc(C)cc5)ccn4)cc(C(C)(C)C)c3)cccc21. The summed E-state index contributed by atoms with van der Waals surface area (Å²) in [6.07, 6.45) is 5.66. The molecule has 0 bridgehead atoms. The molecule has 0 aliphatic rings. The van der Waals surface area contributed by atoms with Crippen LogP contribution in [0.1, 0.15) is 171 Å². The van der Waals surface area contributed by atoms with Gasteiger partial charge in [-0.25, -0.2) is 4.98 Å². The van der Waals surface area contributed by atoms with Crippen LogP contribution in [0.25, 0.3) is 72.7 Å². The maximum absolute atomic E-state index is 12.5. The standard InChI is InChI=1S/C66H77N3O/c1-16-65(14,17-2)55-23-21-24-56(66(15,18-3)19-4)60(55)47-30-31-58(44(10)34-47)69-59-25-20-22-52(61(59)68-63(69)54-39-48(41(5)6)38-53(42(7)8)62(54)70)49-35-50(37-51(36-49)64(11,12)13)57-40-46(32-33-67-57)45-28-26-43(9)27-29-45/h20-42,70H,16-19H2,1-15H3/i10D3. The van der Waals surface area contributed by atoms with Crippen LogP contribution in [0.4, 0.5) is 0 Å². The lowest BCUT2D eigenvalue weighted by Crippen LogP contribution is -2.25. The van der Waals surface area contributed by atoms with E-state index in [1.54, 1.807) is 0 Å². The van der Waals surface area contributed by atoms with E-state index < -0.39 is 6.85 Å². The fourth-order valence-electron chi connectivity index (χ4n) is 10.3. The summed E-state index contributed by atoms with van der Waals surface area (Å²) < 4.78 is 30.1. The first-order chi connectivity index (χ1) is 34.5. The normalized spacial score (nSPS) is 13.3. The monoisotopic (exact) mass is 931 g/mol. The highest BCUT2D eigenvalue weighted by Gasteiger charge is 2.33. The molecule has 0 atom stereocenters. The van der Waals surface area contributed by atoms with Crippen LogP contribution in [0.15, 0.2) is 128 Å². The second kappa shape index (κ2) is 19.5. The lowest BCUT2D eigenvalue weighted by atomic mass is 9.68. The Morgan fingerprint density at radius 3 is 1.84 bits per heavy atom. The van der Waals surface area contributed by atoms with Crippen molar-refractivity contribution < 1.29 is 9.22 Å². The van der Waals surface area contributed by atoms with Gasteiger partial charge in [0, 0.05) is 21.4 Å². The van der Waals surface area contributed by atoms with Gasteiger partial charge in [0.2, 0.25) is 0 Å². The molecule has 2 heterocycles. The van der Waals surface area contributed by atoms with E-state index in [4.69, 9.17) is 9.97 Å². The molecule has 70 heavy (non-hydrogen) atoms. The maximum Gasteiger partial charge on any atom is 0.149 e. The predicted molar refractivity (Wildman–Crippen MR) is 300 cm³/mol. The Morgan fingerprint density at radius 2 is 1.24 bits per heavy atom. The third-order valence-corrected chi connectivity index (χ3v) is 15.9. The topological polar surface area (TPSA) is 50.9 Å². The zero-order chi connectivity index (χ0) is 52.9. The van der Waals surface area contributed by atoms with Crippen LogP contribution in [0.2, 0.25) is 0 Å². The number of imidazole rings is 1. The molecule has 2 aromatic heterocycles. The summed E-state index contributed by atoms with van der Waals surface area (Å²) in [5.74, 6) is 0.805. The van der Waals surface area contributed by atoms with Crippen LogP contribution in [0, 0.1) is 13.8 Å². The van der Waals surface area contributed by atoms with Gasteiger partial charge >= 0.3 is 0 Å². The van der Waals surface area contributed by atoms with Crippen molar-refractivity contribution in [2.75, 3.05) is 0 Å². The van der Waals surface area contributed by atoms with Crippen molar-refractivity contribution in [1.29, 1.82) is 0 Å². The van der Waals surface area contributed by atoms with E-state index in [1.165, 1.54) is 16.7 Å². The molecule has 0 aliphatic heterocycles. The number of hydrogen-bond acceptors (Lipinski definition) is 3. The number of phenolic OH excluding ortho intramolecular Hbond substituents is 1. The van der Waals surface area contributed by atoms with E-state index in [0.29, 0.717) is 22.6 Å². The summed E-state index contributed by atoms with van der Waals surface area (Å²) >= 11 is 0. The van der Waals surface area contributed by atoms with Gasteiger partial charge in [0.15, 0.2) is 0 Å². The third kappa shape index (κ3) is 9.27. The molecule has 0 aliphatic carbocycles. The fourth-order valence-corrected chi connectivity index (χ4v) is 10.3. The minimum atomic E-state index is -2.52. The highest BCUT2D eigenvalue weighted by Crippen LogP contribution is 2.48. The number of aromatic hydroxyl groups is 1. The van der Waals surface area contributed by atoms with Crippen molar-refractivity contribution in [3.8, 4) is 67.5 Å². The largest absolute Gasteiger partial charge is 0.507 e. The number of benzene rings is 6. The lowest BCUT2D eigenvalue weighted by Gasteiger charge is -2.36. The average molecular weight is 931 g/mol. The first-order valence-electron chi connectivity index (χ1n) is 27.3. The number of para-hydroxylation sites is 1. The van der Waals surface area contributed by atoms with Gasteiger partial charge in [0.1, 0.15) is 11.6 Å². The first-order valence-corrected chi connectivity index (χ1v) is 25.8. The molecule has 4 heteroatoms. The maximum atomic E-state index is 12.5. The highest BCUT2D eigenvalue weighted by molar-refractivity contribution is 5.97. The molecule has 0 fully saturated rings. The Morgan fingerprint density at radius 1 is 0.614 bits per heavy atom. The molecule has 0 saturated carbocycles. The van der Waals surface area contributed by atoms with Crippen LogP contribution >= 0.6 is 0 Å². The molecule has 0 spiro atoms. The smallest absolute Gasteiger partial charge is 0.149 e. The summed E-state index contributed by atoms with van der Waals surface area (Å²) in [4.78, 5) is 10.5. The average Bonchev–Trinajstić information content (AvgIpc) is 3.76. The predicted octanol–water partition coefficient (Wildman–Crippen LogP) is 18.8. The van der Waals surface area contributed by atoms with Gasteiger partial charge in [-0.1, -0.05) is 168 Å². The molecule has 0 radical (unpaired) electrons. The number of aryl methyl sites for hydroxylation is 2. The van der Waals surface area contributed by atoms with Crippen molar-refractivity contribution in [2.45, 2.75) is 158 Å². The number of rotatable bonds is 14. The molecule has 6 aromatic carbocycles. The Labute approximate surface area is 424 Å². The van der Waals surface area contributed by atoms with Gasteiger partial charge in [-0.15, -0.1) is 0 Å². The molecular weight excluding hydrogens is 851 g/mol. The summed E-state index contributed by atoms with van der Waals surface area (Å²) in [7, 11) is 0. The van der Waals surface area contributed by atoms with Crippen LogP contribution in [0.3, 0.4) is 0 Å². The second-order valence-corrected chi connectivity index (χ2v) is 22.1. The number of fused-ring (bicyclic) bond motifs is 1. The van der Waals surface area contributed by atoms with Crippen LogP contribution in [-0.2, 0) is 16.2 Å². The van der Waals surface area contributed by atoms with E-state index in [-0.39, 0.29) is 39.4 Å². The molecule has 8 rings (SSSR count). The van der Waals surface area contributed by atoms with Crippen molar-refractivity contribution >= 4 is 11.0 Å². The van der Waals surface area contributed by atoms with Gasteiger partial charge in [-0.05, 0) is 177 Å². The van der Waals surface area contributed by atoms with E-state index in [2.05, 4.69) is 188 Å². The first kappa shape index (κ1) is 46.1. The Kier molecular flexibility index (Phi) is 12.9. The van der Waals surface area contributed by atoms with Crippen LogP contribution in [0.5, 0.6) is 5.75 Å². The summed E-state index contributed by atoms with van der Waals surface area (Å²) in [5.41, 5.74) is 17.0. The molecule has 362 valence electrons. The quantitative estimate of drug-likeness (QED) is 0.118. The minimum absolute atomic E-state index is 0.0165. The molecule has 0 unspecified atom stereocenters. The van der Waals surface area contributed by atoms with E-state index in [0.717, 1.165) is 92.5 Å². The molecule has 0 saturated heterocycles. The number of hydrogen-bond donors (Lipinski definition) is 1. The van der Waals surface area contributed by atoms with Crippen LogP contribution < -0.4 is 0 Å². The third-order valence-electron chi connectivity index (χ3n) is 15.9. The van der Waals surface area contributed by atoms with Crippen molar-refractivity contribution in [2.24, 2.45) is 0 Å². The lowest BCUT2D eigenvalue weighted by molar-refractivity contribution is 0.426. The van der Waals surface area contributed by atoms with Gasteiger partial charge in [-0.3, -0.25) is 9.55 Å². The van der Waals surface area contributed by atoms with Gasteiger partial charge in [-0.2, -0.15) is 0 Å². The van der Waals surface area contributed by atoms with Gasteiger partial charge < -0.3 is 5.11 Å². The highest BCUT2D eigenvalue weighted by atomic mass is 16.3. The zero-order valence-electron chi connectivity index (χ0n) is 47.4. The number of nitrogens with zero attached hydrogens (tertiary/aromatic N) is 3. The number of pyridine rings is 1. The van der Waals surface area contributed by atoms with Crippen LogP contribution in [-0.4, -0.2) is 19.6 Å². The molecule has 8 aromatic rings. The molecule has 1 N–H and O–H groups in total. The zero-order valence-corrected chi connectivity index (χ0v) is 44.4. The minimum Gasteiger partial charge on any atom is -0.507 e. The molecule has 4 nitrogen and oxygen atoms in total. The Hall–Kier alpha value is -6.26. The van der Waals surface area contributed by atoms with E-state index >= 15 is 0 Å². The summed E-state index contributed by atoms with van der Waals surface area (Å²) in [6, 6.07) is 42.6. The number of aromatic nitrogens is 3. The Balaban J connectivity index is 1.46. The Bertz CT molecular complexity index is 3270. The van der Waals surface area contributed by atoms with Crippen molar-refractivity contribution in [3.63, 3.8) is 0 Å². The van der Waals surface area contributed by atoms with E-state index in [1.807, 2.05) is 41.1 Å². The second-order valence-electron chi connectivity index (χ2n) is 22.1. The van der Waals surface area contributed by atoms with E-state index in [9.17, 15) is 9.22 Å².